The first-order chi connectivity index (χ1) is 9.66. The molecule has 0 amide bonds. The van der Waals surface area contributed by atoms with Crippen molar-refractivity contribution >= 4 is 33.3 Å². The lowest BCUT2D eigenvalue weighted by molar-refractivity contribution is 0.691. The van der Waals surface area contributed by atoms with Crippen LogP contribution in [0.3, 0.4) is 0 Å². The summed E-state index contributed by atoms with van der Waals surface area (Å²) in [5.74, 6) is 1.38. The maximum atomic E-state index is 6.17. The molecule has 20 heavy (non-hydrogen) atoms. The summed E-state index contributed by atoms with van der Waals surface area (Å²) in [5.41, 5.74) is 7.56. The van der Waals surface area contributed by atoms with Gasteiger partial charge in [0.1, 0.15) is 11.5 Å². The third-order valence-electron chi connectivity index (χ3n) is 3.61. The molecule has 0 bridgehead atoms. The summed E-state index contributed by atoms with van der Waals surface area (Å²) in [4.78, 5) is 13.2. The van der Waals surface area contributed by atoms with Crippen LogP contribution < -0.4 is 5.73 Å². The highest BCUT2D eigenvalue weighted by molar-refractivity contribution is 9.10. The minimum atomic E-state index is 0.441. The van der Waals surface area contributed by atoms with Crippen LogP contribution in [0.5, 0.6) is 0 Å². The highest BCUT2D eigenvalue weighted by atomic mass is 79.9. The van der Waals surface area contributed by atoms with Gasteiger partial charge in [0.15, 0.2) is 5.82 Å². The van der Waals surface area contributed by atoms with Crippen molar-refractivity contribution in [3.63, 3.8) is 0 Å². The molecular formula is C14H14BrClN4. The second-order valence-electron chi connectivity index (χ2n) is 4.95. The second-order valence-corrected chi connectivity index (χ2v) is 6.15. The molecule has 1 aliphatic rings. The average Bonchev–Trinajstić information content (AvgIpc) is 2.96. The number of halogens is 2. The first-order valence-corrected chi connectivity index (χ1v) is 7.77. The largest absolute Gasteiger partial charge is 0.383 e. The van der Waals surface area contributed by atoms with Gasteiger partial charge in [-0.2, -0.15) is 0 Å². The van der Waals surface area contributed by atoms with Gasteiger partial charge >= 0.3 is 0 Å². The van der Waals surface area contributed by atoms with Gasteiger partial charge in [0.05, 0.1) is 15.2 Å². The molecule has 2 aromatic rings. The van der Waals surface area contributed by atoms with E-state index >= 15 is 0 Å². The molecule has 0 radical (unpaired) electrons. The van der Waals surface area contributed by atoms with Gasteiger partial charge in [-0.25, -0.2) is 9.97 Å². The summed E-state index contributed by atoms with van der Waals surface area (Å²) in [6.45, 7) is 0. The lowest BCUT2D eigenvalue weighted by atomic mass is 10.0. The fourth-order valence-corrected chi connectivity index (χ4v) is 3.32. The molecule has 2 heterocycles. The Kier molecular flexibility index (Phi) is 3.89. The van der Waals surface area contributed by atoms with E-state index in [-0.39, 0.29) is 0 Å². The molecule has 2 N–H and O–H groups in total. The molecule has 3 rings (SSSR count). The number of pyridine rings is 1. The first kappa shape index (κ1) is 13.8. The number of nitrogens with zero attached hydrogens (tertiary/aromatic N) is 3. The Balaban J connectivity index is 2.11. The van der Waals surface area contributed by atoms with Crippen molar-refractivity contribution < 1.29 is 0 Å². The van der Waals surface area contributed by atoms with E-state index in [4.69, 9.17) is 17.3 Å². The Morgan fingerprint density at radius 2 is 2.00 bits per heavy atom. The van der Waals surface area contributed by atoms with E-state index < -0.39 is 0 Å². The highest BCUT2D eigenvalue weighted by Gasteiger charge is 2.24. The van der Waals surface area contributed by atoms with E-state index in [1.165, 1.54) is 12.8 Å². The molecule has 0 saturated heterocycles. The quantitative estimate of drug-likeness (QED) is 0.879. The van der Waals surface area contributed by atoms with Crippen LogP contribution in [0.25, 0.3) is 11.5 Å². The van der Waals surface area contributed by atoms with E-state index in [2.05, 4.69) is 30.9 Å². The van der Waals surface area contributed by atoms with Gasteiger partial charge in [0, 0.05) is 12.1 Å². The molecule has 0 spiro atoms. The van der Waals surface area contributed by atoms with Crippen LogP contribution in [-0.2, 0) is 0 Å². The number of nitrogens with two attached hydrogens (primary N) is 1. The van der Waals surface area contributed by atoms with Crippen LogP contribution in [0.1, 0.15) is 37.3 Å². The maximum absolute atomic E-state index is 6.17. The van der Waals surface area contributed by atoms with E-state index in [0.29, 0.717) is 28.3 Å². The van der Waals surface area contributed by atoms with Gasteiger partial charge in [-0.1, -0.05) is 24.4 Å². The number of rotatable bonds is 2. The Morgan fingerprint density at radius 1 is 1.25 bits per heavy atom. The molecule has 0 atom stereocenters. The van der Waals surface area contributed by atoms with Gasteiger partial charge in [0.25, 0.3) is 0 Å². The smallest absolute Gasteiger partial charge is 0.182 e. The summed E-state index contributed by atoms with van der Waals surface area (Å²) >= 11 is 9.68. The SMILES string of the molecule is Nc1nc(-c2ncccc2Cl)nc(C2CCCC2)c1Br. The number of aromatic nitrogens is 3. The van der Waals surface area contributed by atoms with Gasteiger partial charge < -0.3 is 5.73 Å². The number of nitrogen functional groups attached to an aromatic ring is 1. The molecule has 2 aromatic heterocycles. The summed E-state index contributed by atoms with van der Waals surface area (Å²) in [6.07, 6.45) is 6.44. The zero-order valence-electron chi connectivity index (χ0n) is 10.8. The number of hydrogen-bond acceptors (Lipinski definition) is 4. The fraction of sp³-hybridized carbons (Fsp3) is 0.357. The number of hydrogen-bond donors (Lipinski definition) is 1. The molecule has 1 aliphatic carbocycles. The molecule has 4 nitrogen and oxygen atoms in total. The Morgan fingerprint density at radius 3 is 2.70 bits per heavy atom. The minimum Gasteiger partial charge on any atom is -0.383 e. The molecule has 104 valence electrons. The Hall–Kier alpha value is -1.20. The van der Waals surface area contributed by atoms with Crippen molar-refractivity contribution in [3.05, 3.63) is 33.5 Å². The standard InChI is InChI=1S/C14H14BrClN4/c15-10-11(8-4-1-2-5-8)19-14(20-13(10)17)12-9(16)6-3-7-18-12/h3,6-8H,1-2,4-5H2,(H2,17,19,20). The van der Waals surface area contributed by atoms with Crippen molar-refractivity contribution in [2.75, 3.05) is 5.73 Å². The van der Waals surface area contributed by atoms with E-state index in [9.17, 15) is 0 Å². The summed E-state index contributed by atoms with van der Waals surface area (Å²) in [5, 5.41) is 0.534. The van der Waals surface area contributed by atoms with Crippen LogP contribution in [0, 0.1) is 0 Å². The van der Waals surface area contributed by atoms with Crippen molar-refractivity contribution in [3.8, 4) is 11.5 Å². The van der Waals surface area contributed by atoms with Gasteiger partial charge in [-0.05, 0) is 40.9 Å². The Labute approximate surface area is 130 Å². The second kappa shape index (κ2) is 5.66. The highest BCUT2D eigenvalue weighted by Crippen LogP contribution is 2.39. The van der Waals surface area contributed by atoms with Crippen LogP contribution in [0.15, 0.2) is 22.8 Å². The van der Waals surface area contributed by atoms with Crippen molar-refractivity contribution in [1.82, 2.24) is 15.0 Å². The molecule has 0 aliphatic heterocycles. The fourth-order valence-electron chi connectivity index (χ4n) is 2.61. The van der Waals surface area contributed by atoms with Gasteiger partial charge in [-0.3, -0.25) is 4.98 Å². The monoisotopic (exact) mass is 352 g/mol. The van der Waals surface area contributed by atoms with E-state index in [0.717, 1.165) is 23.0 Å². The molecule has 6 heteroatoms. The predicted octanol–water partition coefficient (Wildman–Crippen LogP) is 4.19. The minimum absolute atomic E-state index is 0.441. The molecular weight excluding hydrogens is 340 g/mol. The van der Waals surface area contributed by atoms with E-state index in [1.54, 1.807) is 18.3 Å². The molecule has 1 saturated carbocycles. The lowest BCUT2D eigenvalue weighted by Gasteiger charge is -2.14. The third kappa shape index (κ3) is 2.52. The van der Waals surface area contributed by atoms with Crippen LogP contribution in [0.4, 0.5) is 5.82 Å². The van der Waals surface area contributed by atoms with Crippen LogP contribution in [0.2, 0.25) is 5.02 Å². The van der Waals surface area contributed by atoms with Gasteiger partial charge in [-0.15, -0.1) is 0 Å². The van der Waals surface area contributed by atoms with Crippen molar-refractivity contribution in [1.29, 1.82) is 0 Å². The predicted molar refractivity (Wildman–Crippen MR) is 83.6 cm³/mol. The van der Waals surface area contributed by atoms with Crippen LogP contribution >= 0.6 is 27.5 Å². The zero-order chi connectivity index (χ0) is 14.1. The summed E-state index contributed by atoms with van der Waals surface area (Å²) in [7, 11) is 0. The Bertz CT molecular complexity index is 641. The van der Waals surface area contributed by atoms with Crippen LogP contribution in [-0.4, -0.2) is 15.0 Å². The summed E-state index contributed by atoms with van der Waals surface area (Å²) in [6, 6.07) is 3.56. The maximum Gasteiger partial charge on any atom is 0.182 e. The molecule has 1 fully saturated rings. The first-order valence-electron chi connectivity index (χ1n) is 6.60. The van der Waals surface area contributed by atoms with Crippen molar-refractivity contribution in [2.45, 2.75) is 31.6 Å². The van der Waals surface area contributed by atoms with Gasteiger partial charge in [0.2, 0.25) is 0 Å². The topological polar surface area (TPSA) is 64.7 Å². The van der Waals surface area contributed by atoms with E-state index in [1.807, 2.05) is 0 Å². The third-order valence-corrected chi connectivity index (χ3v) is 4.73. The zero-order valence-corrected chi connectivity index (χ0v) is 13.2. The average molecular weight is 354 g/mol. The normalized spacial score (nSPS) is 15.7. The lowest BCUT2D eigenvalue weighted by Crippen LogP contribution is -2.06. The number of anilines is 1. The molecule has 0 unspecified atom stereocenters. The summed E-state index contributed by atoms with van der Waals surface area (Å²) < 4.78 is 0.806. The molecule has 0 aromatic carbocycles. The van der Waals surface area contributed by atoms with Crippen molar-refractivity contribution in [2.24, 2.45) is 0 Å².